The monoisotopic (exact) mass is 211 g/mol. The van der Waals surface area contributed by atoms with E-state index < -0.39 is 5.60 Å². The summed E-state index contributed by atoms with van der Waals surface area (Å²) in [7, 11) is 1.56. The Labute approximate surface area is 95.5 Å². The van der Waals surface area contributed by atoms with Crippen molar-refractivity contribution in [3.63, 3.8) is 0 Å². The van der Waals surface area contributed by atoms with Crippen LogP contribution in [0.2, 0.25) is 0 Å². The van der Waals surface area contributed by atoms with E-state index in [9.17, 15) is 0 Å². The molecule has 80 valence electrons. The largest absolute Gasteiger partial charge is 0.359 e. The molecular formula is C14H13NO. The topological polar surface area (TPSA) is 33.0 Å². The third kappa shape index (κ3) is 1.91. The summed E-state index contributed by atoms with van der Waals surface area (Å²) < 4.78 is 5.22. The Morgan fingerprint density at radius 3 is 2.56 bits per heavy atom. The van der Waals surface area contributed by atoms with Crippen molar-refractivity contribution in [3.05, 3.63) is 54.1 Å². The summed E-state index contributed by atoms with van der Waals surface area (Å²) >= 11 is 0. The fraction of sp³-hybridized carbons (Fsp3) is 0.214. The Morgan fingerprint density at radius 1 is 1.31 bits per heavy atom. The van der Waals surface area contributed by atoms with Crippen molar-refractivity contribution < 1.29 is 4.74 Å². The molecule has 1 aromatic rings. The van der Waals surface area contributed by atoms with E-state index in [0.717, 1.165) is 5.57 Å². The molecule has 2 nitrogen and oxygen atoms in total. The fourth-order valence-corrected chi connectivity index (χ4v) is 1.75. The summed E-state index contributed by atoms with van der Waals surface area (Å²) in [6, 6.07) is 12.3. The van der Waals surface area contributed by atoms with Gasteiger partial charge in [-0.2, -0.15) is 5.26 Å². The molecule has 0 saturated carbocycles. The van der Waals surface area contributed by atoms with Crippen molar-refractivity contribution in [2.75, 3.05) is 7.11 Å². The molecule has 16 heavy (non-hydrogen) atoms. The quantitative estimate of drug-likeness (QED) is 0.753. The zero-order valence-corrected chi connectivity index (χ0v) is 9.18. The first-order chi connectivity index (χ1) is 7.79. The predicted octanol–water partition coefficient (Wildman–Crippen LogP) is 2.94. The lowest BCUT2D eigenvalue weighted by Crippen LogP contribution is -2.27. The summed E-state index contributed by atoms with van der Waals surface area (Å²) in [6.07, 6.45) is 6.42. The van der Waals surface area contributed by atoms with E-state index >= 15 is 0 Å². The molecule has 2 rings (SSSR count). The Balaban J connectivity index is 2.24. The third-order valence-corrected chi connectivity index (χ3v) is 2.82. The number of benzene rings is 1. The molecule has 0 saturated heterocycles. The van der Waals surface area contributed by atoms with E-state index in [1.165, 1.54) is 5.56 Å². The molecule has 1 atom stereocenters. The predicted molar refractivity (Wildman–Crippen MR) is 63.5 cm³/mol. The standard InChI is InChI=1S/C14H13NO/c1-16-14(11-15)9-7-13(8-10-14)12-5-3-2-4-6-12/h2-9H,10H2,1H3. The SMILES string of the molecule is COC1(C#N)C=CC(c2ccccc2)=CC1. The maximum absolute atomic E-state index is 9.04. The molecule has 0 heterocycles. The number of rotatable bonds is 2. The average molecular weight is 211 g/mol. The van der Waals surface area contributed by atoms with E-state index in [1.54, 1.807) is 7.11 Å². The van der Waals surface area contributed by atoms with Gasteiger partial charge in [0.1, 0.15) is 6.07 Å². The fourth-order valence-electron chi connectivity index (χ4n) is 1.75. The molecule has 2 heteroatoms. The number of hydrogen-bond acceptors (Lipinski definition) is 2. The van der Waals surface area contributed by atoms with Crippen LogP contribution in [-0.4, -0.2) is 12.7 Å². The molecule has 0 aromatic heterocycles. The van der Waals surface area contributed by atoms with Gasteiger partial charge in [-0.3, -0.25) is 0 Å². The zero-order valence-electron chi connectivity index (χ0n) is 9.18. The molecule has 0 radical (unpaired) electrons. The van der Waals surface area contributed by atoms with E-state index in [1.807, 2.05) is 36.4 Å². The maximum atomic E-state index is 9.04. The van der Waals surface area contributed by atoms with Gasteiger partial charge in [0.05, 0.1) is 0 Å². The highest BCUT2D eigenvalue weighted by Gasteiger charge is 2.27. The molecule has 1 aromatic carbocycles. The van der Waals surface area contributed by atoms with Gasteiger partial charge >= 0.3 is 0 Å². The van der Waals surface area contributed by atoms with Gasteiger partial charge in [-0.1, -0.05) is 42.5 Å². The zero-order chi connectivity index (χ0) is 11.4. The molecule has 0 spiro atoms. The Kier molecular flexibility index (Phi) is 2.89. The first kappa shape index (κ1) is 10.7. The van der Waals surface area contributed by atoms with Crippen molar-refractivity contribution in [1.82, 2.24) is 0 Å². The van der Waals surface area contributed by atoms with Crippen LogP contribution in [0.3, 0.4) is 0 Å². The summed E-state index contributed by atoms with van der Waals surface area (Å²) in [6.45, 7) is 0. The van der Waals surface area contributed by atoms with Crippen LogP contribution >= 0.6 is 0 Å². The molecule has 0 N–H and O–H groups in total. The van der Waals surface area contributed by atoms with Gasteiger partial charge < -0.3 is 4.74 Å². The highest BCUT2D eigenvalue weighted by atomic mass is 16.5. The van der Waals surface area contributed by atoms with Gasteiger partial charge in [0, 0.05) is 13.5 Å². The molecule has 0 amide bonds. The molecule has 0 bridgehead atoms. The first-order valence-corrected chi connectivity index (χ1v) is 5.21. The minimum absolute atomic E-state index is 0.598. The number of nitriles is 1. The van der Waals surface area contributed by atoms with E-state index in [2.05, 4.69) is 18.2 Å². The summed E-state index contributed by atoms with van der Waals surface area (Å²) in [5.41, 5.74) is 1.53. The van der Waals surface area contributed by atoms with Gasteiger partial charge in [0.2, 0.25) is 0 Å². The van der Waals surface area contributed by atoms with Gasteiger partial charge in [0.15, 0.2) is 5.60 Å². The Bertz CT molecular complexity index is 467. The normalized spacial score (nSPS) is 23.6. The summed E-state index contributed by atoms with van der Waals surface area (Å²) in [4.78, 5) is 0. The van der Waals surface area contributed by atoms with Crippen LogP contribution in [0.4, 0.5) is 0 Å². The second-order valence-corrected chi connectivity index (χ2v) is 3.77. The van der Waals surface area contributed by atoms with Crippen LogP contribution in [0.1, 0.15) is 12.0 Å². The first-order valence-electron chi connectivity index (χ1n) is 5.21. The summed E-state index contributed by atoms with van der Waals surface area (Å²) in [5.74, 6) is 0. The van der Waals surface area contributed by atoms with Crippen LogP contribution in [0.5, 0.6) is 0 Å². The van der Waals surface area contributed by atoms with Crippen molar-refractivity contribution in [1.29, 1.82) is 5.26 Å². The maximum Gasteiger partial charge on any atom is 0.176 e. The molecular weight excluding hydrogens is 198 g/mol. The number of allylic oxidation sites excluding steroid dienone is 2. The van der Waals surface area contributed by atoms with Crippen molar-refractivity contribution in [2.45, 2.75) is 12.0 Å². The van der Waals surface area contributed by atoms with Crippen LogP contribution in [0.25, 0.3) is 5.57 Å². The number of ether oxygens (including phenoxy) is 1. The minimum atomic E-state index is -0.779. The van der Waals surface area contributed by atoms with E-state index in [0.29, 0.717) is 6.42 Å². The van der Waals surface area contributed by atoms with Crippen LogP contribution in [0.15, 0.2) is 48.6 Å². The number of methoxy groups -OCH3 is 1. The Hall–Kier alpha value is -1.85. The Morgan fingerprint density at radius 2 is 2.06 bits per heavy atom. The van der Waals surface area contributed by atoms with Crippen LogP contribution < -0.4 is 0 Å². The van der Waals surface area contributed by atoms with Crippen LogP contribution in [-0.2, 0) is 4.74 Å². The van der Waals surface area contributed by atoms with Gasteiger partial charge in [-0.05, 0) is 17.2 Å². The second-order valence-electron chi connectivity index (χ2n) is 3.77. The van der Waals surface area contributed by atoms with Crippen molar-refractivity contribution in [3.8, 4) is 6.07 Å². The molecule has 1 aliphatic rings. The highest BCUT2D eigenvalue weighted by molar-refractivity contribution is 5.75. The molecule has 1 aliphatic carbocycles. The van der Waals surface area contributed by atoms with Gasteiger partial charge in [-0.15, -0.1) is 0 Å². The lowest BCUT2D eigenvalue weighted by molar-refractivity contribution is 0.0827. The second kappa shape index (κ2) is 4.34. The molecule has 1 unspecified atom stereocenters. The van der Waals surface area contributed by atoms with Gasteiger partial charge in [-0.25, -0.2) is 0 Å². The van der Waals surface area contributed by atoms with E-state index in [-0.39, 0.29) is 0 Å². The molecule has 0 fully saturated rings. The number of hydrogen-bond donors (Lipinski definition) is 0. The van der Waals surface area contributed by atoms with Crippen molar-refractivity contribution >= 4 is 5.57 Å². The van der Waals surface area contributed by atoms with Gasteiger partial charge in [0.25, 0.3) is 0 Å². The smallest absolute Gasteiger partial charge is 0.176 e. The highest BCUT2D eigenvalue weighted by Crippen LogP contribution is 2.28. The minimum Gasteiger partial charge on any atom is -0.359 e. The lowest BCUT2D eigenvalue weighted by atomic mass is 9.90. The molecule has 0 aliphatic heterocycles. The average Bonchev–Trinajstić information content (AvgIpc) is 2.40. The lowest BCUT2D eigenvalue weighted by Gasteiger charge is -2.23. The summed E-state index contributed by atoms with van der Waals surface area (Å²) in [5, 5.41) is 9.04. The number of nitrogens with zero attached hydrogens (tertiary/aromatic N) is 1. The van der Waals surface area contributed by atoms with Crippen molar-refractivity contribution in [2.24, 2.45) is 0 Å². The third-order valence-electron chi connectivity index (χ3n) is 2.82. The van der Waals surface area contributed by atoms with E-state index in [4.69, 9.17) is 10.00 Å². The van der Waals surface area contributed by atoms with Crippen LogP contribution in [0, 0.1) is 11.3 Å².